The quantitative estimate of drug-likeness (QED) is 0.162. The second kappa shape index (κ2) is 17.3. The maximum Gasteiger partial charge on any atom is 0.408 e. The average Bonchev–Trinajstić information content (AvgIpc) is 2.95. The number of carbonyl (C=O) groups excluding carboxylic acids is 5. The fraction of sp³-hybridized carbons (Fsp3) is 0.514. The van der Waals surface area contributed by atoms with E-state index in [0.29, 0.717) is 12.8 Å². The number of ether oxygens (including phenoxy) is 2. The molecule has 0 spiro atoms. The van der Waals surface area contributed by atoms with Gasteiger partial charge in [-0.15, -0.1) is 0 Å². The molecule has 5 N–H and O–H groups in total. The van der Waals surface area contributed by atoms with E-state index in [2.05, 4.69) is 10.6 Å². The lowest BCUT2D eigenvalue weighted by atomic mass is 9.99. The highest BCUT2D eigenvalue weighted by Gasteiger charge is 2.39. The molecule has 4 amide bonds. The van der Waals surface area contributed by atoms with E-state index in [4.69, 9.17) is 15.2 Å². The molecule has 2 aromatic rings. The Balaban J connectivity index is 2.64. The second-order valence-corrected chi connectivity index (χ2v) is 13.4. The van der Waals surface area contributed by atoms with E-state index in [9.17, 15) is 29.1 Å². The van der Waals surface area contributed by atoms with Crippen molar-refractivity contribution in [2.45, 2.75) is 110 Å². The number of nitrogens with one attached hydrogen (secondary N) is 2. The first-order valence-electron chi connectivity index (χ1n) is 15.8. The Labute approximate surface area is 277 Å². The molecule has 0 heterocycles. The van der Waals surface area contributed by atoms with Crippen LogP contribution >= 0.6 is 0 Å². The van der Waals surface area contributed by atoms with Gasteiger partial charge in [-0.3, -0.25) is 14.4 Å². The van der Waals surface area contributed by atoms with Crippen LogP contribution < -0.4 is 16.4 Å². The lowest BCUT2D eigenvalue weighted by molar-refractivity contribution is -0.159. The summed E-state index contributed by atoms with van der Waals surface area (Å²) in [5.74, 6) is -3.41. The number of nitrogens with two attached hydrogens (primary N) is 1. The Hall–Kier alpha value is -4.61. The van der Waals surface area contributed by atoms with Gasteiger partial charge in [0.2, 0.25) is 17.7 Å². The van der Waals surface area contributed by atoms with E-state index >= 15 is 0 Å². The number of hydrogen-bond acceptors (Lipinski definition) is 8. The summed E-state index contributed by atoms with van der Waals surface area (Å²) < 4.78 is 11.0. The normalized spacial score (nSPS) is 13.4. The maximum absolute atomic E-state index is 14.4. The molecule has 0 saturated carbocycles. The Bertz CT molecular complexity index is 1370. The molecule has 0 saturated heterocycles. The molecule has 0 aliphatic carbocycles. The van der Waals surface area contributed by atoms with Crippen LogP contribution in [0.15, 0.2) is 54.6 Å². The van der Waals surface area contributed by atoms with Gasteiger partial charge in [0, 0.05) is 18.5 Å². The molecular formula is C35H50N4O8. The highest BCUT2D eigenvalue weighted by Crippen LogP contribution is 2.31. The predicted molar refractivity (Wildman–Crippen MR) is 177 cm³/mol. The number of benzene rings is 2. The van der Waals surface area contributed by atoms with Gasteiger partial charge in [0.05, 0.1) is 6.42 Å². The topological polar surface area (TPSA) is 177 Å². The highest BCUT2D eigenvalue weighted by molar-refractivity contribution is 5.96. The molecule has 0 radical (unpaired) electrons. The number of esters is 1. The van der Waals surface area contributed by atoms with Gasteiger partial charge in [-0.1, -0.05) is 68.3 Å². The van der Waals surface area contributed by atoms with Gasteiger partial charge >= 0.3 is 12.1 Å². The fourth-order valence-electron chi connectivity index (χ4n) is 4.79. The molecule has 0 aliphatic heterocycles. The Morgan fingerprint density at radius 1 is 0.830 bits per heavy atom. The van der Waals surface area contributed by atoms with Crippen molar-refractivity contribution in [3.63, 3.8) is 0 Å². The summed E-state index contributed by atoms with van der Waals surface area (Å²) in [4.78, 5) is 68.1. The van der Waals surface area contributed by atoms with Gasteiger partial charge in [-0.05, 0) is 59.6 Å². The van der Waals surface area contributed by atoms with Crippen molar-refractivity contribution in [2.24, 2.45) is 5.73 Å². The number of rotatable bonds is 15. The third-order valence-electron chi connectivity index (χ3n) is 6.76. The zero-order valence-electron chi connectivity index (χ0n) is 28.5. The van der Waals surface area contributed by atoms with Gasteiger partial charge in [0.1, 0.15) is 35.1 Å². The van der Waals surface area contributed by atoms with Crippen molar-refractivity contribution in [3.05, 3.63) is 65.7 Å². The lowest BCUT2D eigenvalue weighted by Gasteiger charge is -2.35. The molecular weight excluding hydrogens is 604 g/mol. The zero-order valence-corrected chi connectivity index (χ0v) is 28.5. The van der Waals surface area contributed by atoms with Crippen LogP contribution in [0.25, 0.3) is 0 Å². The van der Waals surface area contributed by atoms with Crippen LogP contribution in [0.3, 0.4) is 0 Å². The largest absolute Gasteiger partial charge is 0.508 e. The SMILES string of the molecule is CCCCCN(C(=O)C(CC(N)=O)NC(=O)OC(C)(C)C)C(C(=O)NC(Cc1ccccc1)C(=O)OC(C)(C)C)c1ccccc1O. The molecule has 0 aliphatic rings. The average molecular weight is 655 g/mol. The van der Waals surface area contributed by atoms with Crippen LogP contribution in [0.4, 0.5) is 4.79 Å². The van der Waals surface area contributed by atoms with Gasteiger partial charge in [0.25, 0.3) is 0 Å². The lowest BCUT2D eigenvalue weighted by Crippen LogP contribution is -2.55. The molecule has 0 bridgehead atoms. The summed E-state index contributed by atoms with van der Waals surface area (Å²) in [6, 6.07) is 10.9. The number of aromatic hydroxyl groups is 1. The molecule has 12 heteroatoms. The first-order valence-corrected chi connectivity index (χ1v) is 15.8. The van der Waals surface area contributed by atoms with Crippen molar-refractivity contribution in [1.82, 2.24) is 15.5 Å². The van der Waals surface area contributed by atoms with E-state index in [1.54, 1.807) is 77.9 Å². The monoisotopic (exact) mass is 654 g/mol. The number of para-hydroxylation sites is 1. The van der Waals surface area contributed by atoms with Crippen LogP contribution in [-0.2, 0) is 35.1 Å². The summed E-state index contributed by atoms with van der Waals surface area (Å²) >= 11 is 0. The predicted octanol–water partition coefficient (Wildman–Crippen LogP) is 4.29. The van der Waals surface area contributed by atoms with E-state index < -0.39 is 65.5 Å². The number of alkyl carbamates (subject to hydrolysis) is 1. The third kappa shape index (κ3) is 13.3. The molecule has 0 aromatic heterocycles. The smallest absolute Gasteiger partial charge is 0.408 e. The summed E-state index contributed by atoms with van der Waals surface area (Å²) in [7, 11) is 0. The number of hydrogen-bond donors (Lipinski definition) is 4. The number of amides is 4. The summed E-state index contributed by atoms with van der Waals surface area (Å²) in [5, 5.41) is 16.1. The number of unbranched alkanes of at least 4 members (excludes halogenated alkanes) is 2. The number of phenols is 1. The van der Waals surface area contributed by atoms with Crippen LogP contribution in [0.5, 0.6) is 5.75 Å². The minimum Gasteiger partial charge on any atom is -0.508 e. The van der Waals surface area contributed by atoms with E-state index in [-0.39, 0.29) is 24.3 Å². The van der Waals surface area contributed by atoms with E-state index in [1.807, 2.05) is 13.0 Å². The molecule has 2 rings (SSSR count). The summed E-state index contributed by atoms with van der Waals surface area (Å²) in [5.41, 5.74) is 4.55. The van der Waals surface area contributed by atoms with Gasteiger partial charge in [-0.2, -0.15) is 0 Å². The van der Waals surface area contributed by atoms with Gasteiger partial charge < -0.3 is 35.8 Å². The molecule has 3 unspecified atom stereocenters. The first kappa shape index (κ1) is 38.6. The minimum atomic E-state index is -1.49. The standard InChI is InChI=1S/C35H50N4O8/c1-8-9-15-20-39(31(43)25(22-28(36)41)38-33(45)47-35(5,6)7)29(24-18-13-14-19-27(24)40)30(42)37-26(32(44)46-34(2,3)4)21-23-16-11-10-12-17-23/h10-14,16-19,25-26,29,40H,8-9,15,20-22H2,1-7H3,(H2,36,41)(H,37,42)(H,38,45). The van der Waals surface area contributed by atoms with Gasteiger partial charge in [-0.25, -0.2) is 9.59 Å². The Morgan fingerprint density at radius 2 is 1.43 bits per heavy atom. The number of nitrogens with zero attached hydrogens (tertiary/aromatic N) is 1. The van der Waals surface area contributed by atoms with E-state index in [0.717, 1.165) is 12.0 Å². The second-order valence-electron chi connectivity index (χ2n) is 13.4. The summed E-state index contributed by atoms with van der Waals surface area (Å²) in [6.07, 6.45) is 0.480. The molecule has 12 nitrogen and oxygen atoms in total. The maximum atomic E-state index is 14.4. The molecule has 47 heavy (non-hydrogen) atoms. The fourth-order valence-corrected chi connectivity index (χ4v) is 4.79. The minimum absolute atomic E-state index is 0.0140. The zero-order chi connectivity index (χ0) is 35.4. The van der Waals surface area contributed by atoms with Crippen molar-refractivity contribution in [3.8, 4) is 5.75 Å². The van der Waals surface area contributed by atoms with Crippen LogP contribution in [0.2, 0.25) is 0 Å². The van der Waals surface area contributed by atoms with Crippen molar-refractivity contribution < 1.29 is 38.6 Å². The van der Waals surface area contributed by atoms with Crippen molar-refractivity contribution in [1.29, 1.82) is 0 Å². The van der Waals surface area contributed by atoms with Crippen LogP contribution in [-0.4, -0.2) is 69.6 Å². The number of carbonyl (C=O) groups is 5. The summed E-state index contributed by atoms with van der Waals surface area (Å²) in [6.45, 7) is 12.0. The van der Waals surface area contributed by atoms with E-state index in [1.165, 1.54) is 17.0 Å². The molecule has 2 aromatic carbocycles. The number of phenolic OH excluding ortho intramolecular Hbond substituents is 1. The Morgan fingerprint density at radius 3 is 1.98 bits per heavy atom. The van der Waals surface area contributed by atoms with Crippen LogP contribution in [0, 0.1) is 0 Å². The van der Waals surface area contributed by atoms with Gasteiger partial charge in [0.15, 0.2) is 0 Å². The molecule has 258 valence electrons. The van der Waals surface area contributed by atoms with Crippen molar-refractivity contribution in [2.75, 3.05) is 6.54 Å². The molecule has 3 atom stereocenters. The Kier molecular flexibility index (Phi) is 14.2. The third-order valence-corrected chi connectivity index (χ3v) is 6.76. The number of primary amides is 1. The molecule has 0 fully saturated rings. The highest BCUT2D eigenvalue weighted by atomic mass is 16.6. The van der Waals surface area contributed by atoms with Crippen molar-refractivity contribution >= 4 is 29.8 Å². The first-order chi connectivity index (χ1) is 21.9. The van der Waals surface area contributed by atoms with Crippen LogP contribution in [0.1, 0.15) is 91.3 Å².